The van der Waals surface area contributed by atoms with Crippen molar-refractivity contribution in [2.45, 2.75) is 32.2 Å². The van der Waals surface area contributed by atoms with Gasteiger partial charge in [0, 0.05) is 6.54 Å². The predicted molar refractivity (Wildman–Crippen MR) is 42.3 cm³/mol. The first kappa shape index (κ1) is 8.46. The van der Waals surface area contributed by atoms with Gasteiger partial charge in [0.2, 0.25) is 0 Å². The van der Waals surface area contributed by atoms with Gasteiger partial charge in [-0.3, -0.25) is 0 Å². The molecule has 0 aliphatic heterocycles. The normalized spacial score (nSPS) is 10.4. The largest absolute Gasteiger partial charge is 0.228 e. The van der Waals surface area contributed by atoms with Gasteiger partial charge in [0.05, 0.1) is 5.88 Å². The summed E-state index contributed by atoms with van der Waals surface area (Å²) < 4.78 is 1.75. The summed E-state index contributed by atoms with van der Waals surface area (Å²) in [6.45, 7) is 3.00. The van der Waals surface area contributed by atoms with Crippen molar-refractivity contribution < 1.29 is 0 Å². The van der Waals surface area contributed by atoms with E-state index in [1.54, 1.807) is 4.68 Å². The SMILES string of the molecule is CCCCn1nnnc1CCl. The third kappa shape index (κ3) is 2.15. The van der Waals surface area contributed by atoms with E-state index in [-0.39, 0.29) is 0 Å². The average Bonchev–Trinajstić information content (AvgIpc) is 2.47. The molecule has 1 heterocycles. The maximum absolute atomic E-state index is 5.59. The van der Waals surface area contributed by atoms with Crippen molar-refractivity contribution in [2.75, 3.05) is 0 Å². The van der Waals surface area contributed by atoms with Gasteiger partial charge in [0.15, 0.2) is 5.82 Å². The minimum absolute atomic E-state index is 0.386. The zero-order valence-corrected chi connectivity index (χ0v) is 7.25. The number of tetrazole rings is 1. The Balaban J connectivity index is 2.54. The summed E-state index contributed by atoms with van der Waals surface area (Å²) in [6.07, 6.45) is 2.23. The molecule has 62 valence electrons. The highest BCUT2D eigenvalue weighted by Gasteiger charge is 2.01. The van der Waals surface area contributed by atoms with E-state index in [9.17, 15) is 0 Å². The van der Waals surface area contributed by atoms with Gasteiger partial charge in [-0.2, -0.15) is 0 Å². The third-order valence-corrected chi connectivity index (χ3v) is 1.69. The van der Waals surface area contributed by atoms with Crippen LogP contribution in [0.1, 0.15) is 25.6 Å². The highest BCUT2D eigenvalue weighted by Crippen LogP contribution is 1.99. The molecule has 4 nitrogen and oxygen atoms in total. The molecule has 0 saturated carbocycles. The molecule has 1 aromatic rings. The van der Waals surface area contributed by atoms with Crippen molar-refractivity contribution in [3.63, 3.8) is 0 Å². The molecule has 0 unspecified atom stereocenters. The predicted octanol–water partition coefficient (Wildman–Crippen LogP) is 1.21. The Hall–Kier alpha value is -0.640. The number of nitrogens with zero attached hydrogens (tertiary/aromatic N) is 4. The van der Waals surface area contributed by atoms with Crippen LogP contribution in [0.4, 0.5) is 0 Å². The molecule has 0 radical (unpaired) electrons. The molecule has 0 N–H and O–H groups in total. The Labute approximate surface area is 70.5 Å². The van der Waals surface area contributed by atoms with Crippen molar-refractivity contribution in [2.24, 2.45) is 0 Å². The topological polar surface area (TPSA) is 43.6 Å². The molecule has 11 heavy (non-hydrogen) atoms. The van der Waals surface area contributed by atoms with Crippen molar-refractivity contribution in [3.8, 4) is 0 Å². The van der Waals surface area contributed by atoms with Gasteiger partial charge in [-0.1, -0.05) is 13.3 Å². The molecule has 0 aliphatic rings. The fraction of sp³-hybridized carbons (Fsp3) is 0.833. The second-order valence-corrected chi connectivity index (χ2v) is 2.57. The lowest BCUT2D eigenvalue weighted by atomic mass is 10.3. The van der Waals surface area contributed by atoms with Crippen LogP contribution in [0.15, 0.2) is 0 Å². The molecule has 0 fully saturated rings. The van der Waals surface area contributed by atoms with Crippen LogP contribution in [0.5, 0.6) is 0 Å². The minimum atomic E-state index is 0.386. The van der Waals surface area contributed by atoms with Crippen LogP contribution in [0.25, 0.3) is 0 Å². The van der Waals surface area contributed by atoms with Crippen molar-refractivity contribution in [3.05, 3.63) is 5.82 Å². The summed E-state index contributed by atoms with van der Waals surface area (Å²) in [6, 6.07) is 0. The van der Waals surface area contributed by atoms with Gasteiger partial charge in [0.25, 0.3) is 0 Å². The van der Waals surface area contributed by atoms with Crippen molar-refractivity contribution in [1.82, 2.24) is 20.2 Å². The lowest BCUT2D eigenvalue weighted by Crippen LogP contribution is -2.04. The first-order valence-corrected chi connectivity index (χ1v) is 4.23. The van der Waals surface area contributed by atoms with Gasteiger partial charge in [-0.15, -0.1) is 16.7 Å². The lowest BCUT2D eigenvalue weighted by molar-refractivity contribution is 0.540. The van der Waals surface area contributed by atoms with E-state index in [1.807, 2.05) is 0 Å². The number of hydrogen-bond donors (Lipinski definition) is 0. The van der Waals surface area contributed by atoms with Crippen LogP contribution in [0, 0.1) is 0 Å². The second-order valence-electron chi connectivity index (χ2n) is 2.31. The summed E-state index contributed by atoms with van der Waals surface area (Å²) in [5.74, 6) is 1.14. The van der Waals surface area contributed by atoms with Crippen molar-refractivity contribution in [1.29, 1.82) is 0 Å². The molecule has 0 spiro atoms. The van der Waals surface area contributed by atoms with Crippen molar-refractivity contribution >= 4 is 11.6 Å². The Morgan fingerprint density at radius 1 is 1.55 bits per heavy atom. The average molecular weight is 175 g/mol. The van der Waals surface area contributed by atoms with E-state index in [1.165, 1.54) is 0 Å². The van der Waals surface area contributed by atoms with E-state index >= 15 is 0 Å². The van der Waals surface area contributed by atoms with Crippen LogP contribution < -0.4 is 0 Å². The van der Waals surface area contributed by atoms with Crippen LogP contribution in [0.2, 0.25) is 0 Å². The molecule has 1 aromatic heterocycles. The summed E-state index contributed by atoms with van der Waals surface area (Å²) in [4.78, 5) is 0. The molecule has 0 atom stereocenters. The van der Waals surface area contributed by atoms with Gasteiger partial charge in [-0.25, -0.2) is 4.68 Å². The van der Waals surface area contributed by atoms with Gasteiger partial charge in [-0.05, 0) is 16.8 Å². The molecule has 0 aromatic carbocycles. The number of aryl methyl sites for hydroxylation is 1. The highest BCUT2D eigenvalue weighted by atomic mass is 35.5. The Bertz CT molecular complexity index is 210. The number of unbranched alkanes of at least 4 members (excludes halogenated alkanes) is 1. The summed E-state index contributed by atoms with van der Waals surface area (Å²) >= 11 is 5.59. The van der Waals surface area contributed by atoms with Crippen LogP contribution >= 0.6 is 11.6 Å². The van der Waals surface area contributed by atoms with Crippen LogP contribution in [-0.2, 0) is 12.4 Å². The minimum Gasteiger partial charge on any atom is -0.228 e. The molecule has 0 amide bonds. The monoisotopic (exact) mass is 174 g/mol. The molecule has 0 aliphatic carbocycles. The smallest absolute Gasteiger partial charge is 0.165 e. The van der Waals surface area contributed by atoms with E-state index < -0.39 is 0 Å². The number of hydrogen-bond acceptors (Lipinski definition) is 3. The van der Waals surface area contributed by atoms with Gasteiger partial charge < -0.3 is 0 Å². The summed E-state index contributed by atoms with van der Waals surface area (Å²) in [5.41, 5.74) is 0. The number of alkyl halides is 1. The lowest BCUT2D eigenvalue weighted by Gasteiger charge is -1.98. The first-order valence-electron chi connectivity index (χ1n) is 3.69. The molecule has 1 rings (SSSR count). The van der Waals surface area contributed by atoms with Gasteiger partial charge >= 0.3 is 0 Å². The maximum atomic E-state index is 5.59. The molecule has 0 bridgehead atoms. The summed E-state index contributed by atoms with van der Waals surface area (Å²) in [5, 5.41) is 11.1. The maximum Gasteiger partial charge on any atom is 0.165 e. The van der Waals surface area contributed by atoms with Crippen LogP contribution in [0.3, 0.4) is 0 Å². The number of halogens is 1. The Morgan fingerprint density at radius 2 is 2.36 bits per heavy atom. The highest BCUT2D eigenvalue weighted by molar-refractivity contribution is 6.16. The third-order valence-electron chi connectivity index (χ3n) is 1.45. The number of rotatable bonds is 4. The number of aromatic nitrogens is 4. The zero-order chi connectivity index (χ0) is 8.10. The van der Waals surface area contributed by atoms with E-state index in [0.29, 0.717) is 5.88 Å². The Kier molecular flexibility index (Phi) is 3.29. The fourth-order valence-corrected chi connectivity index (χ4v) is 0.992. The summed E-state index contributed by atoms with van der Waals surface area (Å²) in [7, 11) is 0. The standard InChI is InChI=1S/C6H11ClN4/c1-2-3-4-11-6(5-7)8-9-10-11/h2-5H2,1H3. The molecular formula is C6H11ClN4. The van der Waals surface area contributed by atoms with E-state index in [0.717, 1.165) is 25.2 Å². The fourth-order valence-electron chi connectivity index (χ4n) is 0.801. The first-order chi connectivity index (χ1) is 5.38. The second kappa shape index (κ2) is 4.28. The van der Waals surface area contributed by atoms with Gasteiger partial charge in [0.1, 0.15) is 0 Å². The molecule has 5 heteroatoms. The van der Waals surface area contributed by atoms with Crippen LogP contribution in [-0.4, -0.2) is 20.2 Å². The molecular weight excluding hydrogens is 164 g/mol. The Morgan fingerprint density at radius 3 is 3.00 bits per heavy atom. The van der Waals surface area contributed by atoms with E-state index in [2.05, 4.69) is 22.4 Å². The molecule has 0 saturated heterocycles. The zero-order valence-electron chi connectivity index (χ0n) is 6.50. The van der Waals surface area contributed by atoms with E-state index in [4.69, 9.17) is 11.6 Å². The quantitative estimate of drug-likeness (QED) is 0.645.